The number of nitrogens with one attached hydrogen (secondary N) is 2. The lowest BCUT2D eigenvalue weighted by atomic mass is 10.4. The van der Waals surface area contributed by atoms with Gasteiger partial charge in [0.05, 0.1) is 11.4 Å². The molecule has 0 aliphatic carbocycles. The molecule has 2 aromatic rings. The van der Waals surface area contributed by atoms with Crippen LogP contribution in [-0.4, -0.2) is 28.8 Å². The van der Waals surface area contributed by atoms with Crippen LogP contribution in [0.5, 0.6) is 0 Å². The standard InChI is InChI=1S/C9H10ClN5O2S/c1-5-9(6(2)12-11-5)18(16,17)15-8-4-3-7(10)13-14-8/h3-4H,1-2H3,(H,11,12)(H,14,15). The van der Waals surface area contributed by atoms with Gasteiger partial charge >= 0.3 is 0 Å². The quantitative estimate of drug-likeness (QED) is 0.885. The molecule has 2 heterocycles. The second-order valence-electron chi connectivity index (χ2n) is 3.61. The summed E-state index contributed by atoms with van der Waals surface area (Å²) in [4.78, 5) is 0.110. The number of aryl methyl sites for hydroxylation is 2. The van der Waals surface area contributed by atoms with Gasteiger partial charge in [-0.1, -0.05) is 11.6 Å². The van der Waals surface area contributed by atoms with Crippen molar-refractivity contribution in [2.45, 2.75) is 18.7 Å². The number of rotatable bonds is 3. The fourth-order valence-electron chi connectivity index (χ4n) is 1.50. The Kier molecular flexibility index (Phi) is 3.22. The monoisotopic (exact) mass is 287 g/mol. The molecular formula is C9H10ClN5O2S. The Bertz CT molecular complexity index is 645. The van der Waals surface area contributed by atoms with Gasteiger partial charge in [0.1, 0.15) is 4.90 Å². The maximum Gasteiger partial charge on any atom is 0.266 e. The molecule has 0 aromatic carbocycles. The van der Waals surface area contributed by atoms with Crippen molar-refractivity contribution in [2.75, 3.05) is 4.72 Å². The van der Waals surface area contributed by atoms with Gasteiger partial charge in [0.25, 0.3) is 10.0 Å². The van der Waals surface area contributed by atoms with E-state index in [9.17, 15) is 8.42 Å². The van der Waals surface area contributed by atoms with E-state index in [1.807, 2.05) is 0 Å². The first-order valence-corrected chi connectivity index (χ1v) is 6.80. The van der Waals surface area contributed by atoms with Crippen molar-refractivity contribution in [1.82, 2.24) is 20.4 Å². The molecule has 0 unspecified atom stereocenters. The summed E-state index contributed by atoms with van der Waals surface area (Å²) in [5.41, 5.74) is 0.851. The molecule has 0 spiro atoms. The van der Waals surface area contributed by atoms with Crippen molar-refractivity contribution >= 4 is 27.4 Å². The van der Waals surface area contributed by atoms with Gasteiger partial charge in [-0.05, 0) is 26.0 Å². The minimum absolute atomic E-state index is 0.0967. The maximum atomic E-state index is 12.1. The predicted molar refractivity (Wildman–Crippen MR) is 65.9 cm³/mol. The predicted octanol–water partition coefficient (Wildman–Crippen LogP) is 1.27. The van der Waals surface area contributed by atoms with Crippen LogP contribution >= 0.6 is 11.6 Å². The zero-order valence-corrected chi connectivity index (χ0v) is 11.2. The number of aromatic amines is 1. The third kappa shape index (κ3) is 2.44. The molecule has 2 N–H and O–H groups in total. The Hall–Kier alpha value is -1.67. The number of aromatic nitrogens is 4. The average Bonchev–Trinajstić information content (AvgIpc) is 2.62. The van der Waals surface area contributed by atoms with E-state index < -0.39 is 10.0 Å². The zero-order chi connectivity index (χ0) is 13.3. The molecule has 7 nitrogen and oxygen atoms in total. The highest BCUT2D eigenvalue weighted by atomic mass is 35.5. The largest absolute Gasteiger partial charge is 0.281 e. The van der Waals surface area contributed by atoms with Crippen LogP contribution in [0.4, 0.5) is 5.82 Å². The van der Waals surface area contributed by atoms with E-state index in [1.54, 1.807) is 13.8 Å². The highest BCUT2D eigenvalue weighted by Gasteiger charge is 2.22. The van der Waals surface area contributed by atoms with Crippen molar-refractivity contribution in [3.05, 3.63) is 28.7 Å². The number of anilines is 1. The summed E-state index contributed by atoms with van der Waals surface area (Å²) in [5, 5.41) is 13.8. The lowest BCUT2D eigenvalue weighted by Gasteiger charge is -2.06. The first kappa shape index (κ1) is 12.8. The molecule has 0 bridgehead atoms. The van der Waals surface area contributed by atoms with Gasteiger partial charge in [-0.3, -0.25) is 9.82 Å². The minimum atomic E-state index is -3.73. The van der Waals surface area contributed by atoms with Gasteiger partial charge in [0.15, 0.2) is 11.0 Å². The third-order valence-corrected chi connectivity index (χ3v) is 4.02. The number of halogens is 1. The highest BCUT2D eigenvalue weighted by molar-refractivity contribution is 7.92. The minimum Gasteiger partial charge on any atom is -0.281 e. The van der Waals surface area contributed by atoms with E-state index in [0.717, 1.165) is 0 Å². The van der Waals surface area contributed by atoms with Gasteiger partial charge in [-0.15, -0.1) is 10.2 Å². The van der Waals surface area contributed by atoms with Crippen molar-refractivity contribution in [3.63, 3.8) is 0 Å². The Labute approximate surface area is 109 Å². The molecule has 2 aromatic heterocycles. The molecule has 18 heavy (non-hydrogen) atoms. The Morgan fingerprint density at radius 3 is 2.50 bits per heavy atom. The molecule has 96 valence electrons. The first-order valence-electron chi connectivity index (χ1n) is 4.94. The number of hydrogen-bond acceptors (Lipinski definition) is 5. The molecule has 0 saturated heterocycles. The van der Waals surface area contributed by atoms with Crippen LogP contribution in [0.25, 0.3) is 0 Å². The van der Waals surface area contributed by atoms with E-state index in [-0.39, 0.29) is 15.9 Å². The van der Waals surface area contributed by atoms with Crippen LogP contribution in [0.2, 0.25) is 5.15 Å². The summed E-state index contributed by atoms with van der Waals surface area (Å²) in [6.07, 6.45) is 0. The molecule has 0 atom stereocenters. The van der Waals surface area contributed by atoms with Gasteiger partial charge in [-0.2, -0.15) is 5.10 Å². The lowest BCUT2D eigenvalue weighted by Crippen LogP contribution is -2.15. The summed E-state index contributed by atoms with van der Waals surface area (Å²) < 4.78 is 26.5. The second kappa shape index (κ2) is 4.54. The summed E-state index contributed by atoms with van der Waals surface area (Å²) >= 11 is 5.57. The number of hydrogen-bond donors (Lipinski definition) is 2. The van der Waals surface area contributed by atoms with Crippen LogP contribution in [-0.2, 0) is 10.0 Å². The van der Waals surface area contributed by atoms with Gasteiger partial charge in [0.2, 0.25) is 0 Å². The van der Waals surface area contributed by atoms with E-state index in [1.165, 1.54) is 12.1 Å². The normalized spacial score (nSPS) is 11.5. The smallest absolute Gasteiger partial charge is 0.266 e. The van der Waals surface area contributed by atoms with Crippen LogP contribution < -0.4 is 4.72 Å². The highest BCUT2D eigenvalue weighted by Crippen LogP contribution is 2.19. The van der Waals surface area contributed by atoms with Crippen molar-refractivity contribution in [3.8, 4) is 0 Å². The lowest BCUT2D eigenvalue weighted by molar-refractivity contribution is 0.600. The van der Waals surface area contributed by atoms with Crippen LogP contribution in [0, 0.1) is 13.8 Å². The Morgan fingerprint density at radius 2 is 2.00 bits per heavy atom. The number of nitrogens with zero attached hydrogens (tertiary/aromatic N) is 3. The van der Waals surface area contributed by atoms with Crippen LogP contribution in [0.1, 0.15) is 11.4 Å². The van der Waals surface area contributed by atoms with Crippen molar-refractivity contribution in [1.29, 1.82) is 0 Å². The maximum absolute atomic E-state index is 12.1. The van der Waals surface area contributed by atoms with Gasteiger partial charge < -0.3 is 0 Å². The van der Waals surface area contributed by atoms with Gasteiger partial charge in [0, 0.05) is 0 Å². The van der Waals surface area contributed by atoms with Crippen molar-refractivity contribution < 1.29 is 8.42 Å². The molecule has 0 amide bonds. The molecular weight excluding hydrogens is 278 g/mol. The zero-order valence-electron chi connectivity index (χ0n) is 9.60. The first-order chi connectivity index (χ1) is 8.40. The Morgan fingerprint density at radius 1 is 1.28 bits per heavy atom. The van der Waals surface area contributed by atoms with Crippen molar-refractivity contribution in [2.24, 2.45) is 0 Å². The fraction of sp³-hybridized carbons (Fsp3) is 0.222. The molecule has 0 radical (unpaired) electrons. The molecule has 0 saturated carbocycles. The van der Waals surface area contributed by atoms with E-state index in [0.29, 0.717) is 11.4 Å². The third-order valence-electron chi connectivity index (χ3n) is 2.20. The van der Waals surface area contributed by atoms with E-state index in [4.69, 9.17) is 11.6 Å². The number of sulfonamides is 1. The Balaban J connectivity index is 2.36. The summed E-state index contributed by atoms with van der Waals surface area (Å²) in [5.74, 6) is 0.0967. The van der Waals surface area contributed by atoms with E-state index >= 15 is 0 Å². The summed E-state index contributed by atoms with van der Waals surface area (Å²) in [7, 11) is -3.73. The second-order valence-corrected chi connectivity index (χ2v) is 5.62. The topological polar surface area (TPSA) is 101 Å². The molecule has 0 aliphatic rings. The SMILES string of the molecule is Cc1n[nH]c(C)c1S(=O)(=O)Nc1ccc(Cl)nn1. The molecule has 0 fully saturated rings. The fourth-order valence-corrected chi connectivity index (χ4v) is 2.97. The molecule has 2 rings (SSSR count). The van der Waals surface area contributed by atoms with Crippen LogP contribution in [0.3, 0.4) is 0 Å². The molecule has 0 aliphatic heterocycles. The summed E-state index contributed by atoms with van der Waals surface area (Å²) in [6.45, 7) is 3.23. The average molecular weight is 288 g/mol. The van der Waals surface area contributed by atoms with Gasteiger partial charge in [-0.25, -0.2) is 8.42 Å². The summed E-state index contributed by atoms with van der Waals surface area (Å²) in [6, 6.07) is 2.87. The number of H-pyrrole nitrogens is 1. The van der Waals surface area contributed by atoms with E-state index in [2.05, 4.69) is 25.1 Å². The van der Waals surface area contributed by atoms with Crippen LogP contribution in [0.15, 0.2) is 17.0 Å². The molecule has 9 heteroatoms.